The zero-order chi connectivity index (χ0) is 38.3. The number of rotatable bonds is 14. The van der Waals surface area contributed by atoms with E-state index in [4.69, 9.17) is 32.4 Å². The van der Waals surface area contributed by atoms with E-state index < -0.39 is 41.6 Å². The standard InChI is InChI=1S/C37H46Cl2N8O6/c1-6-20(4)28(43-36(51)52-19-22-12-10-9-11-13-22)31(48)45-37(15-14-27-25(18-37)24-16-23(38)17-26(39)30(24)41-27)33(49)42-29(21(5)7-2)32-46-47-35(53-32)44-34(50)40-8-3/h9-13,16-17,20-21,28-29,41H,6-8,14-15,18-19H2,1-5H3,(H,42,49)(H,43,51)(H,45,48)(H2,40,44,47,50)/t20?,21-,28?,29-,37+/m0/s1. The van der Waals surface area contributed by atoms with E-state index in [0.29, 0.717) is 41.4 Å². The number of carbonyl (C=O) groups excluding carboxylic acids is 4. The molecule has 4 aromatic rings. The van der Waals surface area contributed by atoms with Crippen LogP contribution in [-0.2, 0) is 33.8 Å². The van der Waals surface area contributed by atoms with Gasteiger partial charge in [0, 0.05) is 29.1 Å². The molecule has 5 rings (SSSR count). The summed E-state index contributed by atoms with van der Waals surface area (Å²) in [6.07, 6.45) is 1.11. The molecule has 16 heteroatoms. The third-order valence-corrected chi connectivity index (χ3v) is 10.4. The number of benzene rings is 2. The van der Waals surface area contributed by atoms with Gasteiger partial charge in [0.1, 0.15) is 24.2 Å². The van der Waals surface area contributed by atoms with Crippen molar-refractivity contribution in [3.8, 4) is 0 Å². The Morgan fingerprint density at radius 3 is 2.43 bits per heavy atom. The molecule has 5 atom stereocenters. The average Bonchev–Trinajstić information content (AvgIpc) is 3.75. The number of hydrogen-bond donors (Lipinski definition) is 6. The minimum Gasteiger partial charge on any atom is -0.445 e. The Morgan fingerprint density at radius 1 is 1.00 bits per heavy atom. The zero-order valence-electron chi connectivity index (χ0n) is 30.4. The van der Waals surface area contributed by atoms with E-state index in [1.165, 1.54) is 0 Å². The summed E-state index contributed by atoms with van der Waals surface area (Å²) in [4.78, 5) is 57.7. The van der Waals surface area contributed by atoms with Crippen molar-refractivity contribution >= 4 is 64.1 Å². The van der Waals surface area contributed by atoms with Crippen LogP contribution in [-0.4, -0.2) is 57.2 Å². The average molecular weight is 770 g/mol. The van der Waals surface area contributed by atoms with Gasteiger partial charge in [-0.25, -0.2) is 9.59 Å². The third kappa shape index (κ3) is 9.22. The summed E-state index contributed by atoms with van der Waals surface area (Å²) in [6.45, 7) is 9.82. The van der Waals surface area contributed by atoms with Crippen LogP contribution in [0.15, 0.2) is 46.9 Å². The van der Waals surface area contributed by atoms with Gasteiger partial charge in [0.15, 0.2) is 0 Å². The first-order valence-corrected chi connectivity index (χ1v) is 18.6. The number of anilines is 1. The highest BCUT2D eigenvalue weighted by atomic mass is 35.5. The van der Waals surface area contributed by atoms with E-state index >= 15 is 0 Å². The van der Waals surface area contributed by atoms with E-state index in [1.807, 2.05) is 58.0 Å². The van der Waals surface area contributed by atoms with Gasteiger partial charge in [-0.15, -0.1) is 5.10 Å². The summed E-state index contributed by atoms with van der Waals surface area (Å²) in [5.41, 5.74) is 1.64. The fourth-order valence-corrected chi connectivity index (χ4v) is 6.95. The summed E-state index contributed by atoms with van der Waals surface area (Å²) in [5.74, 6) is -1.45. The van der Waals surface area contributed by atoms with Gasteiger partial charge in [-0.2, -0.15) is 0 Å². The second-order valence-corrected chi connectivity index (χ2v) is 14.3. The Morgan fingerprint density at radius 2 is 1.74 bits per heavy atom. The van der Waals surface area contributed by atoms with Crippen LogP contribution >= 0.6 is 23.2 Å². The van der Waals surface area contributed by atoms with Crippen LogP contribution in [0, 0.1) is 11.8 Å². The molecule has 0 saturated heterocycles. The summed E-state index contributed by atoms with van der Waals surface area (Å²) >= 11 is 13.0. The first kappa shape index (κ1) is 39.4. The largest absolute Gasteiger partial charge is 0.445 e. The molecule has 1 aliphatic rings. The Balaban J connectivity index is 1.47. The number of aryl methyl sites for hydroxylation is 1. The maximum atomic E-state index is 14.8. The van der Waals surface area contributed by atoms with Gasteiger partial charge >= 0.3 is 18.1 Å². The molecular weight excluding hydrogens is 723 g/mol. The van der Waals surface area contributed by atoms with Crippen LogP contribution in [0.2, 0.25) is 10.0 Å². The molecule has 0 bridgehead atoms. The van der Waals surface area contributed by atoms with Crippen molar-refractivity contribution in [2.45, 2.75) is 91.0 Å². The monoisotopic (exact) mass is 768 g/mol. The van der Waals surface area contributed by atoms with Crippen molar-refractivity contribution in [3.05, 3.63) is 75.2 Å². The first-order chi connectivity index (χ1) is 25.4. The van der Waals surface area contributed by atoms with Gasteiger partial charge in [0.05, 0.1) is 10.5 Å². The van der Waals surface area contributed by atoms with Crippen molar-refractivity contribution < 1.29 is 28.3 Å². The Kier molecular flexibility index (Phi) is 12.9. The Hall–Kier alpha value is -4.82. The maximum Gasteiger partial charge on any atom is 0.408 e. The number of carbonyl (C=O) groups is 4. The fourth-order valence-electron chi connectivity index (χ4n) is 6.41. The lowest BCUT2D eigenvalue weighted by Crippen LogP contribution is -2.65. The number of nitrogens with one attached hydrogen (secondary N) is 6. The van der Waals surface area contributed by atoms with Gasteiger partial charge in [0.25, 0.3) is 0 Å². The smallest absolute Gasteiger partial charge is 0.408 e. The minimum absolute atomic E-state index is 0.0233. The minimum atomic E-state index is -1.50. The van der Waals surface area contributed by atoms with Crippen molar-refractivity contribution in [3.63, 3.8) is 0 Å². The number of halogens is 2. The highest BCUT2D eigenvalue weighted by molar-refractivity contribution is 6.38. The normalized spacial score (nSPS) is 17.5. The highest BCUT2D eigenvalue weighted by Crippen LogP contribution is 2.39. The van der Waals surface area contributed by atoms with Crippen molar-refractivity contribution in [1.29, 1.82) is 0 Å². The number of ether oxygens (including phenoxy) is 1. The van der Waals surface area contributed by atoms with Crippen LogP contribution in [0.3, 0.4) is 0 Å². The number of alkyl carbamates (subject to hydrolysis) is 1. The number of aromatic nitrogens is 3. The van der Waals surface area contributed by atoms with Crippen LogP contribution in [0.1, 0.15) is 82.6 Å². The molecule has 0 radical (unpaired) electrons. The molecule has 14 nitrogen and oxygen atoms in total. The predicted octanol–water partition coefficient (Wildman–Crippen LogP) is 6.59. The fraction of sp³-hybridized carbons (Fsp3) is 0.459. The van der Waals surface area contributed by atoms with Gasteiger partial charge < -0.3 is 35.4 Å². The predicted molar refractivity (Wildman–Crippen MR) is 202 cm³/mol. The van der Waals surface area contributed by atoms with Crippen LogP contribution in [0.5, 0.6) is 0 Å². The third-order valence-electron chi connectivity index (χ3n) is 9.84. The second kappa shape index (κ2) is 17.3. The quantitative estimate of drug-likeness (QED) is 0.0828. The molecule has 284 valence electrons. The Bertz CT molecular complexity index is 1930. The molecule has 6 N–H and O–H groups in total. The lowest BCUT2D eigenvalue weighted by Gasteiger charge is -2.39. The van der Waals surface area contributed by atoms with Crippen LogP contribution in [0.25, 0.3) is 10.9 Å². The molecule has 2 unspecified atom stereocenters. The summed E-state index contributed by atoms with van der Waals surface area (Å²) in [6, 6.07) is 10.2. The molecule has 0 aliphatic heterocycles. The van der Waals surface area contributed by atoms with Gasteiger partial charge in [-0.05, 0) is 54.9 Å². The highest BCUT2D eigenvalue weighted by Gasteiger charge is 2.47. The number of amides is 5. The van der Waals surface area contributed by atoms with Crippen molar-refractivity contribution in [1.82, 2.24) is 36.4 Å². The van der Waals surface area contributed by atoms with E-state index in [9.17, 15) is 19.2 Å². The van der Waals surface area contributed by atoms with E-state index in [1.54, 1.807) is 19.1 Å². The molecule has 0 spiro atoms. The van der Waals surface area contributed by atoms with Gasteiger partial charge in [-0.3, -0.25) is 14.9 Å². The first-order valence-electron chi connectivity index (χ1n) is 17.8. The lowest BCUT2D eigenvalue weighted by atomic mass is 9.78. The van der Waals surface area contributed by atoms with E-state index in [-0.39, 0.29) is 43.2 Å². The molecule has 2 aromatic carbocycles. The topological polar surface area (TPSA) is 192 Å². The number of H-pyrrole nitrogens is 1. The summed E-state index contributed by atoms with van der Waals surface area (Å²) in [7, 11) is 0. The molecule has 53 heavy (non-hydrogen) atoms. The molecule has 0 fully saturated rings. The Labute approximate surface area is 317 Å². The maximum absolute atomic E-state index is 14.8. The van der Waals surface area contributed by atoms with Crippen LogP contribution < -0.4 is 26.6 Å². The summed E-state index contributed by atoms with van der Waals surface area (Å²) in [5, 5.41) is 23.7. The van der Waals surface area contributed by atoms with Crippen LogP contribution in [0.4, 0.5) is 15.6 Å². The SMILES string of the molecule is CCNC(=O)Nc1nnc([C@@H](NC(=O)[C@@]2(NC(=O)C(NC(=O)OCc3ccccc3)C(C)CC)CCc3[nH]c4c(Cl)cc(Cl)cc4c3C2)[C@@H](C)CC)o1. The molecular formula is C37H46Cl2N8O6. The second-order valence-electron chi connectivity index (χ2n) is 13.5. The van der Waals surface area contributed by atoms with Gasteiger partial charge in [0.2, 0.25) is 17.7 Å². The number of nitrogens with zero attached hydrogens (tertiary/aromatic N) is 2. The lowest BCUT2D eigenvalue weighted by molar-refractivity contribution is -0.136. The zero-order valence-corrected chi connectivity index (χ0v) is 31.9. The molecule has 2 heterocycles. The van der Waals surface area contributed by atoms with E-state index in [0.717, 1.165) is 22.2 Å². The van der Waals surface area contributed by atoms with Gasteiger partial charge in [-0.1, -0.05) is 99.2 Å². The molecule has 5 amide bonds. The number of fused-ring (bicyclic) bond motifs is 3. The van der Waals surface area contributed by atoms with Crippen molar-refractivity contribution in [2.24, 2.45) is 11.8 Å². The molecule has 1 aliphatic carbocycles. The number of hydrogen-bond acceptors (Lipinski definition) is 8. The summed E-state index contributed by atoms with van der Waals surface area (Å²) < 4.78 is 11.3. The molecule has 2 aromatic heterocycles. The number of aromatic amines is 1. The van der Waals surface area contributed by atoms with Crippen molar-refractivity contribution in [2.75, 3.05) is 11.9 Å². The number of urea groups is 1. The van der Waals surface area contributed by atoms with E-state index in [2.05, 4.69) is 41.8 Å². The molecule has 0 saturated carbocycles.